The topological polar surface area (TPSA) is 81.5 Å². The Balaban J connectivity index is 0. The van der Waals surface area contributed by atoms with Crippen LogP contribution in [0.25, 0.3) is 0 Å². The summed E-state index contributed by atoms with van der Waals surface area (Å²) in [5.74, 6) is 3.93. The number of hydrogen-bond acceptors (Lipinski definition) is 3. The van der Waals surface area contributed by atoms with Crippen molar-refractivity contribution in [1.29, 1.82) is 0 Å². The molecule has 0 saturated carbocycles. The molecule has 0 atom stereocenters. The summed E-state index contributed by atoms with van der Waals surface area (Å²) >= 11 is 0. The van der Waals surface area contributed by atoms with E-state index < -0.39 is 5.91 Å². The average molecular weight is 129 g/mol. The molecule has 0 radical (unpaired) electrons. The molecule has 0 heterocycles. The van der Waals surface area contributed by atoms with Gasteiger partial charge in [-0.3, -0.25) is 4.79 Å². The first-order chi connectivity index (χ1) is 4.06. The fourth-order valence-corrected chi connectivity index (χ4v) is 0. The van der Waals surface area contributed by atoms with Crippen LogP contribution in [0, 0.1) is 0 Å². The van der Waals surface area contributed by atoms with E-state index in [4.69, 9.17) is 5.73 Å². The minimum absolute atomic E-state index is 0.398. The van der Waals surface area contributed by atoms with Gasteiger partial charge in [0.25, 0.3) is 0 Å². The molecule has 4 heteroatoms. The molecular formula is C5H11N3O. The van der Waals surface area contributed by atoms with E-state index in [9.17, 15) is 4.79 Å². The second kappa shape index (κ2) is 6.68. The fraction of sp³-hybridized carbons (Fsp3) is 0.200. The van der Waals surface area contributed by atoms with Crippen molar-refractivity contribution in [2.24, 2.45) is 16.7 Å². The van der Waals surface area contributed by atoms with Gasteiger partial charge in [0.15, 0.2) is 0 Å². The molecule has 0 rings (SSSR count). The number of primary amides is 1. The Morgan fingerprint density at radius 1 is 1.67 bits per heavy atom. The maximum atomic E-state index is 9.82. The lowest BCUT2D eigenvalue weighted by Crippen LogP contribution is -2.10. The lowest BCUT2D eigenvalue weighted by molar-refractivity contribution is -0.114. The maximum absolute atomic E-state index is 9.82. The molecule has 9 heavy (non-hydrogen) atoms. The van der Waals surface area contributed by atoms with Crippen LogP contribution >= 0.6 is 0 Å². The highest BCUT2D eigenvalue weighted by Crippen LogP contribution is 1.78. The van der Waals surface area contributed by atoms with Gasteiger partial charge in [0.1, 0.15) is 0 Å². The predicted molar refractivity (Wildman–Crippen MR) is 37.7 cm³/mol. The molecule has 0 aromatic rings. The molecule has 0 aliphatic carbocycles. The Morgan fingerprint density at radius 3 is 1.78 bits per heavy atom. The Morgan fingerprint density at radius 2 is 1.78 bits per heavy atom. The van der Waals surface area contributed by atoms with E-state index in [2.05, 4.69) is 24.2 Å². The molecule has 0 unspecified atom stereocenters. The summed E-state index contributed by atoms with van der Waals surface area (Å²) in [6.45, 7) is 7.74. The zero-order valence-electron chi connectivity index (χ0n) is 5.42. The van der Waals surface area contributed by atoms with Crippen LogP contribution in [0.1, 0.15) is 6.92 Å². The first kappa shape index (κ1) is 10.6. The Bertz CT molecular complexity index is 107. The van der Waals surface area contributed by atoms with E-state index in [1.165, 1.54) is 0 Å². The summed E-state index contributed by atoms with van der Waals surface area (Å²) in [5, 5.41) is 2.75. The standard InChI is InChI=1S/C4H7NO.CH4N2/c1-3(2)4(5)6;1-3-2/h1H2,2H3,(H2,5,6);1-2H2. The number of carbonyl (C=O) groups is 1. The van der Waals surface area contributed by atoms with Gasteiger partial charge in [-0.25, -0.2) is 0 Å². The van der Waals surface area contributed by atoms with E-state index in [0.29, 0.717) is 5.57 Å². The van der Waals surface area contributed by atoms with Crippen LogP contribution in [0.3, 0.4) is 0 Å². The van der Waals surface area contributed by atoms with Crippen molar-refractivity contribution in [3.8, 4) is 0 Å². The van der Waals surface area contributed by atoms with Crippen molar-refractivity contribution < 1.29 is 4.79 Å². The van der Waals surface area contributed by atoms with Crippen LogP contribution in [0.5, 0.6) is 0 Å². The molecule has 0 saturated heterocycles. The SMILES string of the molecule is C=C(C)C(N)=O.C=NN. The lowest BCUT2D eigenvalue weighted by Gasteiger charge is -1.81. The quantitative estimate of drug-likeness (QED) is 0.219. The van der Waals surface area contributed by atoms with E-state index in [1.807, 2.05) is 0 Å². The fourth-order valence-electron chi connectivity index (χ4n) is 0. The average Bonchev–Trinajstić information content (AvgIpc) is 1.68. The Labute approximate surface area is 54.2 Å². The van der Waals surface area contributed by atoms with Crippen molar-refractivity contribution in [1.82, 2.24) is 0 Å². The van der Waals surface area contributed by atoms with Gasteiger partial charge in [-0.15, -0.1) is 0 Å². The molecule has 0 spiro atoms. The molecule has 4 N–H and O–H groups in total. The van der Waals surface area contributed by atoms with Crippen LogP contribution in [0.4, 0.5) is 0 Å². The van der Waals surface area contributed by atoms with Gasteiger partial charge >= 0.3 is 0 Å². The Hall–Kier alpha value is -1.32. The molecule has 0 aromatic carbocycles. The van der Waals surface area contributed by atoms with Gasteiger partial charge in [-0.05, 0) is 6.92 Å². The molecule has 0 aromatic heterocycles. The number of carbonyl (C=O) groups excluding carboxylic acids is 1. The molecule has 0 aliphatic heterocycles. The van der Waals surface area contributed by atoms with Gasteiger partial charge in [-0.2, -0.15) is 5.10 Å². The number of amides is 1. The summed E-state index contributed by atoms with van der Waals surface area (Å²) < 4.78 is 0. The van der Waals surface area contributed by atoms with Crippen LogP contribution in [0.15, 0.2) is 17.3 Å². The molecule has 4 nitrogen and oxygen atoms in total. The third kappa shape index (κ3) is 20.4. The number of hydrogen-bond donors (Lipinski definition) is 2. The number of rotatable bonds is 1. The highest BCUT2D eigenvalue weighted by atomic mass is 16.1. The van der Waals surface area contributed by atoms with Crippen molar-refractivity contribution in [3.63, 3.8) is 0 Å². The van der Waals surface area contributed by atoms with Crippen LogP contribution in [-0.4, -0.2) is 12.6 Å². The molecular weight excluding hydrogens is 118 g/mol. The van der Waals surface area contributed by atoms with Gasteiger partial charge < -0.3 is 11.6 Å². The first-order valence-corrected chi connectivity index (χ1v) is 2.17. The predicted octanol–water partition coefficient (Wildman–Crippen LogP) is -0.392. The van der Waals surface area contributed by atoms with Crippen molar-refractivity contribution >= 4 is 12.6 Å². The summed E-state index contributed by atoms with van der Waals surface area (Å²) in [7, 11) is 0. The second-order valence-corrected chi connectivity index (χ2v) is 1.33. The highest BCUT2D eigenvalue weighted by Gasteiger charge is 1.86. The third-order valence-corrected chi connectivity index (χ3v) is 0.421. The number of hydrazone groups is 1. The first-order valence-electron chi connectivity index (χ1n) is 2.17. The molecule has 0 fully saturated rings. The van der Waals surface area contributed by atoms with E-state index in [1.54, 1.807) is 6.92 Å². The van der Waals surface area contributed by atoms with Crippen LogP contribution in [-0.2, 0) is 4.79 Å². The van der Waals surface area contributed by atoms with Crippen LogP contribution in [0.2, 0.25) is 0 Å². The Kier molecular flexibility index (Phi) is 7.88. The minimum atomic E-state index is -0.435. The summed E-state index contributed by atoms with van der Waals surface area (Å²) in [6.07, 6.45) is 0. The van der Waals surface area contributed by atoms with Gasteiger partial charge in [0, 0.05) is 12.3 Å². The van der Waals surface area contributed by atoms with Gasteiger partial charge in [-0.1, -0.05) is 6.58 Å². The molecule has 0 bridgehead atoms. The minimum Gasteiger partial charge on any atom is -0.366 e. The van der Waals surface area contributed by atoms with E-state index in [0.717, 1.165) is 0 Å². The van der Waals surface area contributed by atoms with Gasteiger partial charge in [0.05, 0.1) is 0 Å². The molecule has 52 valence electrons. The molecule has 1 amide bonds. The van der Waals surface area contributed by atoms with E-state index >= 15 is 0 Å². The van der Waals surface area contributed by atoms with Crippen molar-refractivity contribution in [3.05, 3.63) is 12.2 Å². The maximum Gasteiger partial charge on any atom is 0.243 e. The van der Waals surface area contributed by atoms with Crippen LogP contribution < -0.4 is 11.6 Å². The van der Waals surface area contributed by atoms with Crippen molar-refractivity contribution in [2.45, 2.75) is 6.92 Å². The zero-order valence-corrected chi connectivity index (χ0v) is 5.42. The largest absolute Gasteiger partial charge is 0.366 e. The highest BCUT2D eigenvalue weighted by molar-refractivity contribution is 5.90. The normalized spacial score (nSPS) is 6.33. The zero-order chi connectivity index (χ0) is 7.86. The summed E-state index contributed by atoms with van der Waals surface area (Å²) in [6, 6.07) is 0. The number of nitrogens with two attached hydrogens (primary N) is 2. The lowest BCUT2D eigenvalue weighted by atomic mass is 10.3. The summed E-state index contributed by atoms with van der Waals surface area (Å²) in [4.78, 5) is 9.82. The monoisotopic (exact) mass is 129 g/mol. The second-order valence-electron chi connectivity index (χ2n) is 1.33. The third-order valence-electron chi connectivity index (χ3n) is 0.421. The van der Waals surface area contributed by atoms with Crippen molar-refractivity contribution in [2.75, 3.05) is 0 Å². The van der Waals surface area contributed by atoms with Gasteiger partial charge in [0.2, 0.25) is 5.91 Å². The molecule has 0 aliphatic rings. The summed E-state index contributed by atoms with van der Waals surface area (Å²) in [5.41, 5.74) is 5.09. The van der Waals surface area contributed by atoms with E-state index in [-0.39, 0.29) is 0 Å². The smallest absolute Gasteiger partial charge is 0.243 e. The number of nitrogens with zero attached hydrogens (tertiary/aromatic N) is 1.